The molecule has 17 nitrogen and oxygen atoms in total. The summed E-state index contributed by atoms with van der Waals surface area (Å²) in [7, 11) is -1.52. The molecule has 2 saturated heterocycles. The molecule has 1 aromatic carbocycles. The molecular formula is C45H65N9O8S2. The van der Waals surface area contributed by atoms with Crippen molar-refractivity contribution in [2.24, 2.45) is 17.6 Å². The standard InChI is InChI=1S/C45H65N9O8S2/c1-28(2)54-35-17-13-15-31(34-27-63-42(47-34)52-22-20-51(7)21-23-52)37(35)49-41(54)61-30-25-36(38(46)55)53(26-30)40(57)33(48-43(58)62-44(3,4)5)16-12-10-8-9-11-14-29-24-32(29)39(56)50-64(59,60)45(6)18-19-45/h11,13-15,17,27-30,32-33,36H,8-10,12,16,18-26H2,1-7H3,(H2,46,55)(H,48,58)(H,50,56)/b14-11-/t29-,30-,32+,33+,36+/m1/s1. The number of sulfonamides is 1. The zero-order valence-electron chi connectivity index (χ0n) is 38.2. The minimum atomic E-state index is -3.65. The van der Waals surface area contributed by atoms with Gasteiger partial charge in [0.1, 0.15) is 29.3 Å². The lowest BCUT2D eigenvalue weighted by atomic mass is 10.0. The van der Waals surface area contributed by atoms with Gasteiger partial charge in [0.05, 0.1) is 22.5 Å². The van der Waals surface area contributed by atoms with Crippen LogP contribution in [0.15, 0.2) is 35.7 Å². The van der Waals surface area contributed by atoms with Crippen LogP contribution in [-0.4, -0.2) is 125 Å². The van der Waals surface area contributed by atoms with Gasteiger partial charge >= 0.3 is 6.09 Å². The zero-order valence-corrected chi connectivity index (χ0v) is 39.8. The third-order valence-corrected chi connectivity index (χ3v) is 15.7. The van der Waals surface area contributed by atoms with Gasteiger partial charge < -0.3 is 35.2 Å². The number of carbonyl (C=O) groups is 4. The third-order valence-electron chi connectivity index (χ3n) is 12.6. The van der Waals surface area contributed by atoms with Crippen molar-refractivity contribution in [2.75, 3.05) is 44.7 Å². The molecule has 19 heteroatoms. The topological polar surface area (TPSA) is 211 Å². The lowest BCUT2D eigenvalue weighted by molar-refractivity contribution is -0.139. The number of anilines is 1. The van der Waals surface area contributed by atoms with Gasteiger partial charge in [-0.1, -0.05) is 37.1 Å². The number of carbonyl (C=O) groups excluding carboxylic acids is 4. The van der Waals surface area contributed by atoms with Gasteiger partial charge in [0.25, 0.3) is 6.01 Å². The van der Waals surface area contributed by atoms with Crippen molar-refractivity contribution in [3.63, 3.8) is 0 Å². The molecule has 4 fully saturated rings. The van der Waals surface area contributed by atoms with Crippen LogP contribution in [0, 0.1) is 11.8 Å². The van der Waals surface area contributed by atoms with Crippen LogP contribution in [0.25, 0.3) is 22.3 Å². The van der Waals surface area contributed by atoms with Gasteiger partial charge in [0, 0.05) is 55.5 Å². The molecule has 2 aromatic heterocycles. The molecule has 4 aliphatic rings. The van der Waals surface area contributed by atoms with E-state index in [2.05, 4.69) is 32.3 Å². The van der Waals surface area contributed by atoms with E-state index in [9.17, 15) is 27.6 Å². The molecule has 4 heterocycles. The number of thiazole rings is 1. The number of likely N-dealkylation sites (tertiary alicyclic amines) is 1. The van der Waals surface area contributed by atoms with Crippen molar-refractivity contribution in [1.82, 2.24) is 34.4 Å². The first-order chi connectivity index (χ1) is 30.2. The highest BCUT2D eigenvalue weighted by atomic mass is 32.2. The van der Waals surface area contributed by atoms with Crippen LogP contribution in [0.5, 0.6) is 6.01 Å². The van der Waals surface area contributed by atoms with Gasteiger partial charge in [-0.25, -0.2) is 18.2 Å². The Morgan fingerprint density at radius 3 is 2.45 bits per heavy atom. The Hall–Kier alpha value is -4.75. The Morgan fingerprint density at radius 1 is 1.05 bits per heavy atom. The lowest BCUT2D eigenvalue weighted by Gasteiger charge is -2.32. The number of nitrogens with two attached hydrogens (primary N) is 1. The van der Waals surface area contributed by atoms with Gasteiger partial charge in [-0.15, -0.1) is 11.3 Å². The Bertz CT molecular complexity index is 2340. The van der Waals surface area contributed by atoms with Crippen LogP contribution in [0.1, 0.15) is 105 Å². The first kappa shape index (κ1) is 47.2. The molecule has 2 saturated carbocycles. The predicted molar refractivity (Wildman–Crippen MR) is 246 cm³/mol. The molecule has 350 valence electrons. The minimum absolute atomic E-state index is 0.0139. The van der Waals surface area contributed by atoms with Crippen LogP contribution < -0.4 is 25.4 Å². The summed E-state index contributed by atoms with van der Waals surface area (Å²) in [5.41, 5.74) is 8.47. The SMILES string of the molecule is CC(C)n1c(O[C@@H]2C[C@@H](C(N)=O)N(C(=O)[C@H](CCCCC/C=C\[C@@H]3C[C@@H]3C(=O)NS(=O)(=O)C3(C)CC3)NC(=O)OC(C)(C)C)C2)nc2c(-c3csc(N4CCN(C)CC4)n3)cccc21. The van der Waals surface area contributed by atoms with Crippen molar-refractivity contribution in [3.8, 4) is 17.3 Å². The lowest BCUT2D eigenvalue weighted by Crippen LogP contribution is -2.53. The van der Waals surface area contributed by atoms with E-state index in [1.165, 1.54) is 4.90 Å². The van der Waals surface area contributed by atoms with Crippen LogP contribution in [0.4, 0.5) is 9.93 Å². The highest BCUT2D eigenvalue weighted by molar-refractivity contribution is 7.91. The van der Waals surface area contributed by atoms with Gasteiger partial charge in [-0.2, -0.15) is 4.98 Å². The number of nitrogens with zero attached hydrogens (tertiary/aromatic N) is 6. The second kappa shape index (κ2) is 19.0. The number of allylic oxidation sites excluding steroid dienone is 2. The van der Waals surface area contributed by atoms with Crippen molar-refractivity contribution < 1.29 is 37.1 Å². The number of aromatic nitrogens is 3. The summed E-state index contributed by atoms with van der Waals surface area (Å²) in [5, 5.41) is 5.81. The van der Waals surface area contributed by atoms with E-state index in [4.69, 9.17) is 25.2 Å². The van der Waals surface area contributed by atoms with E-state index < -0.39 is 62.4 Å². The Kier molecular flexibility index (Phi) is 14.0. The first-order valence-corrected chi connectivity index (χ1v) is 25.0. The summed E-state index contributed by atoms with van der Waals surface area (Å²) in [6.07, 6.45) is 7.70. The molecule has 5 atom stereocenters. The number of fused-ring (bicyclic) bond motifs is 1. The number of imidazole rings is 1. The third kappa shape index (κ3) is 11.0. The summed E-state index contributed by atoms with van der Waals surface area (Å²) in [6, 6.07) is 4.39. The molecule has 4 N–H and O–H groups in total. The number of primary amides is 1. The number of amides is 4. The van der Waals surface area contributed by atoms with Crippen molar-refractivity contribution >= 4 is 61.3 Å². The fourth-order valence-corrected chi connectivity index (χ4v) is 10.6. The summed E-state index contributed by atoms with van der Waals surface area (Å²) < 4.78 is 40.5. The maximum atomic E-state index is 14.4. The van der Waals surface area contributed by atoms with Crippen LogP contribution >= 0.6 is 11.3 Å². The van der Waals surface area contributed by atoms with Crippen molar-refractivity contribution in [1.29, 1.82) is 0 Å². The average molecular weight is 924 g/mol. The smallest absolute Gasteiger partial charge is 0.408 e. The maximum absolute atomic E-state index is 14.4. The van der Waals surface area contributed by atoms with E-state index in [1.54, 1.807) is 39.0 Å². The minimum Gasteiger partial charge on any atom is -0.459 e. The molecule has 0 bridgehead atoms. The summed E-state index contributed by atoms with van der Waals surface area (Å²) in [6.45, 7) is 14.8. The number of likely N-dealkylation sites (N-methyl/N-ethyl adjacent to an activating group) is 1. The molecule has 0 unspecified atom stereocenters. The number of hydrogen-bond donors (Lipinski definition) is 3. The highest BCUT2D eigenvalue weighted by Gasteiger charge is 2.52. The van der Waals surface area contributed by atoms with E-state index in [1.807, 2.05) is 48.8 Å². The largest absolute Gasteiger partial charge is 0.459 e. The molecule has 4 amide bonds. The van der Waals surface area contributed by atoms with Crippen LogP contribution in [-0.2, 0) is 29.1 Å². The number of para-hydroxylation sites is 1. The molecule has 2 aliphatic heterocycles. The molecular weight excluding hydrogens is 859 g/mol. The number of piperazine rings is 1. The maximum Gasteiger partial charge on any atom is 0.408 e. The van der Waals surface area contributed by atoms with Gasteiger partial charge in [-0.05, 0) is 99.1 Å². The molecule has 0 spiro atoms. The quantitative estimate of drug-likeness (QED) is 0.109. The number of alkyl carbamates (subject to hydrolysis) is 1. The highest BCUT2D eigenvalue weighted by Crippen LogP contribution is 2.44. The first-order valence-electron chi connectivity index (χ1n) is 22.6. The van der Waals surface area contributed by atoms with E-state index >= 15 is 0 Å². The number of benzene rings is 1. The Labute approximate surface area is 380 Å². The van der Waals surface area contributed by atoms with E-state index in [0.717, 1.165) is 72.9 Å². The van der Waals surface area contributed by atoms with Crippen molar-refractivity contribution in [3.05, 3.63) is 35.7 Å². The number of hydrogen-bond acceptors (Lipinski definition) is 13. The average Bonchev–Trinajstić information content (AvgIpc) is 3.98. The number of ether oxygens (including phenoxy) is 2. The molecule has 3 aromatic rings. The van der Waals surface area contributed by atoms with E-state index in [-0.39, 0.29) is 30.8 Å². The Morgan fingerprint density at radius 2 is 1.78 bits per heavy atom. The molecule has 7 rings (SSSR count). The van der Waals surface area contributed by atoms with Crippen LogP contribution in [0.2, 0.25) is 0 Å². The Balaban J connectivity index is 0.986. The number of rotatable bonds is 18. The van der Waals surface area contributed by atoms with Gasteiger partial charge in [-0.3, -0.25) is 23.7 Å². The van der Waals surface area contributed by atoms with E-state index in [0.29, 0.717) is 38.1 Å². The molecule has 0 radical (unpaired) electrons. The second-order valence-electron chi connectivity index (χ2n) is 19.4. The zero-order chi connectivity index (χ0) is 46.1. The number of nitrogens with one attached hydrogen (secondary N) is 2. The molecule has 2 aliphatic carbocycles. The van der Waals surface area contributed by atoms with Crippen molar-refractivity contribution in [2.45, 2.75) is 134 Å². The summed E-state index contributed by atoms with van der Waals surface area (Å²) in [5.74, 6) is -1.87. The monoisotopic (exact) mass is 923 g/mol. The van der Waals surface area contributed by atoms with Gasteiger partial charge in [0.15, 0.2) is 5.13 Å². The summed E-state index contributed by atoms with van der Waals surface area (Å²) >= 11 is 1.62. The fourth-order valence-electron chi connectivity index (χ4n) is 8.43. The fraction of sp³-hybridized carbons (Fsp3) is 0.644. The predicted octanol–water partition coefficient (Wildman–Crippen LogP) is 5.36. The van der Waals surface area contributed by atoms with Gasteiger partial charge in [0.2, 0.25) is 27.7 Å². The summed E-state index contributed by atoms with van der Waals surface area (Å²) in [4.78, 5) is 69.0. The normalized spacial score (nSPS) is 22.8. The molecule has 64 heavy (non-hydrogen) atoms. The second-order valence-corrected chi connectivity index (χ2v) is 22.4. The number of unbranched alkanes of at least 4 members (excludes halogenated alkanes) is 3. The van der Waals surface area contributed by atoms with Crippen LogP contribution in [0.3, 0.4) is 0 Å².